The highest BCUT2D eigenvalue weighted by Crippen LogP contribution is 2.17. The summed E-state index contributed by atoms with van der Waals surface area (Å²) in [4.78, 5) is 11.2. The van der Waals surface area contributed by atoms with Crippen LogP contribution in [0.25, 0.3) is 0 Å². The standard InChI is InChI=1S/C10H12BrNO4S/c1-12(7-10(13)16-2)17(14,15)9-5-3-8(11)4-6-9/h3-6H,7H2,1-2H3. The molecule has 0 saturated carbocycles. The van der Waals surface area contributed by atoms with E-state index in [1.165, 1.54) is 26.3 Å². The molecule has 94 valence electrons. The maximum absolute atomic E-state index is 12.0. The smallest absolute Gasteiger partial charge is 0.321 e. The number of hydrogen-bond donors (Lipinski definition) is 0. The SMILES string of the molecule is COC(=O)CN(C)S(=O)(=O)c1ccc(Br)cc1. The van der Waals surface area contributed by atoms with Gasteiger partial charge < -0.3 is 4.74 Å². The molecule has 0 heterocycles. The summed E-state index contributed by atoms with van der Waals surface area (Å²) in [6.07, 6.45) is 0. The van der Waals surface area contributed by atoms with Crippen LogP contribution in [0.15, 0.2) is 33.6 Å². The minimum absolute atomic E-state index is 0.132. The number of halogens is 1. The number of likely N-dealkylation sites (N-methyl/N-ethyl adjacent to an activating group) is 1. The van der Waals surface area contributed by atoms with Gasteiger partial charge >= 0.3 is 5.97 Å². The predicted octanol–water partition coefficient (Wildman–Crippen LogP) is 1.24. The Labute approximate surface area is 109 Å². The molecule has 0 fully saturated rings. The lowest BCUT2D eigenvalue weighted by atomic mass is 10.4. The van der Waals surface area contributed by atoms with E-state index in [0.29, 0.717) is 0 Å². The third-order valence-corrected chi connectivity index (χ3v) is 4.45. The van der Waals surface area contributed by atoms with Gasteiger partial charge in [0.2, 0.25) is 10.0 Å². The predicted molar refractivity (Wildman–Crippen MR) is 66.0 cm³/mol. The van der Waals surface area contributed by atoms with Crippen LogP contribution in [-0.4, -0.2) is 39.4 Å². The van der Waals surface area contributed by atoms with Crippen molar-refractivity contribution in [2.24, 2.45) is 0 Å². The molecule has 5 nitrogen and oxygen atoms in total. The Morgan fingerprint density at radius 3 is 2.35 bits per heavy atom. The van der Waals surface area contributed by atoms with E-state index in [1.54, 1.807) is 12.1 Å². The Kier molecular flexibility index (Phi) is 4.67. The van der Waals surface area contributed by atoms with Gasteiger partial charge in [0.05, 0.1) is 12.0 Å². The fourth-order valence-corrected chi connectivity index (χ4v) is 2.50. The summed E-state index contributed by atoms with van der Waals surface area (Å²) in [6.45, 7) is -0.311. The van der Waals surface area contributed by atoms with Crippen LogP contribution in [0.5, 0.6) is 0 Å². The molecule has 1 aromatic carbocycles. The summed E-state index contributed by atoms with van der Waals surface area (Å²) in [7, 11) is -1.11. The highest BCUT2D eigenvalue weighted by Gasteiger charge is 2.22. The molecule has 0 unspecified atom stereocenters. The molecule has 0 aromatic heterocycles. The largest absolute Gasteiger partial charge is 0.468 e. The van der Waals surface area contributed by atoms with Crippen LogP contribution >= 0.6 is 15.9 Å². The zero-order valence-electron chi connectivity index (χ0n) is 9.38. The second-order valence-electron chi connectivity index (χ2n) is 3.29. The molecular weight excluding hydrogens is 310 g/mol. The lowest BCUT2D eigenvalue weighted by Crippen LogP contribution is -2.32. The van der Waals surface area contributed by atoms with Gasteiger partial charge in [-0.1, -0.05) is 15.9 Å². The van der Waals surface area contributed by atoms with Crippen LogP contribution in [-0.2, 0) is 19.6 Å². The lowest BCUT2D eigenvalue weighted by Gasteiger charge is -2.15. The molecule has 0 aliphatic heterocycles. The van der Waals surface area contributed by atoms with E-state index in [9.17, 15) is 13.2 Å². The minimum Gasteiger partial charge on any atom is -0.468 e. The molecule has 17 heavy (non-hydrogen) atoms. The number of carbonyl (C=O) groups is 1. The summed E-state index contributed by atoms with van der Waals surface area (Å²) in [5.41, 5.74) is 0. The number of sulfonamides is 1. The van der Waals surface area contributed by atoms with Crippen LogP contribution in [0.4, 0.5) is 0 Å². The van der Waals surface area contributed by atoms with Crippen molar-refractivity contribution in [1.29, 1.82) is 0 Å². The van der Waals surface area contributed by atoms with Gasteiger partial charge in [0.1, 0.15) is 6.54 Å². The van der Waals surface area contributed by atoms with Crippen molar-refractivity contribution < 1.29 is 17.9 Å². The molecule has 7 heteroatoms. The Morgan fingerprint density at radius 1 is 1.35 bits per heavy atom. The van der Waals surface area contributed by atoms with Crippen molar-refractivity contribution in [1.82, 2.24) is 4.31 Å². The summed E-state index contributed by atoms with van der Waals surface area (Å²) in [5, 5.41) is 0. The molecule has 0 atom stereocenters. The zero-order chi connectivity index (χ0) is 13.1. The van der Waals surface area contributed by atoms with Crippen molar-refractivity contribution in [3.05, 3.63) is 28.7 Å². The fraction of sp³-hybridized carbons (Fsp3) is 0.300. The van der Waals surface area contributed by atoms with Crippen LogP contribution < -0.4 is 0 Å². The van der Waals surface area contributed by atoms with Crippen molar-refractivity contribution in [3.8, 4) is 0 Å². The first-order valence-electron chi connectivity index (χ1n) is 4.66. The molecule has 0 bridgehead atoms. The number of ether oxygens (including phenoxy) is 1. The number of carbonyl (C=O) groups excluding carboxylic acids is 1. The second-order valence-corrected chi connectivity index (χ2v) is 6.25. The molecule has 0 saturated heterocycles. The normalized spacial score (nSPS) is 11.5. The summed E-state index contributed by atoms with van der Waals surface area (Å²) in [6, 6.07) is 6.18. The molecule has 0 spiro atoms. The topological polar surface area (TPSA) is 63.7 Å². The Bertz CT molecular complexity index is 498. The average molecular weight is 322 g/mol. The Morgan fingerprint density at radius 2 is 1.88 bits per heavy atom. The van der Waals surface area contributed by atoms with Crippen LogP contribution in [0.1, 0.15) is 0 Å². The summed E-state index contributed by atoms with van der Waals surface area (Å²) < 4.78 is 30.1. The van der Waals surface area contributed by atoms with Gasteiger partial charge in [-0.2, -0.15) is 4.31 Å². The van der Waals surface area contributed by atoms with Gasteiger partial charge in [0, 0.05) is 11.5 Å². The number of nitrogens with zero attached hydrogens (tertiary/aromatic N) is 1. The van der Waals surface area contributed by atoms with Gasteiger partial charge in [0.25, 0.3) is 0 Å². The Balaban J connectivity index is 2.95. The van der Waals surface area contributed by atoms with Crippen molar-refractivity contribution in [2.75, 3.05) is 20.7 Å². The van der Waals surface area contributed by atoms with E-state index in [0.717, 1.165) is 8.78 Å². The van der Waals surface area contributed by atoms with E-state index >= 15 is 0 Å². The number of hydrogen-bond acceptors (Lipinski definition) is 4. The number of methoxy groups -OCH3 is 1. The third kappa shape index (κ3) is 3.52. The van der Waals surface area contributed by atoms with Gasteiger partial charge in [-0.3, -0.25) is 4.79 Å². The van der Waals surface area contributed by atoms with Crippen LogP contribution in [0.3, 0.4) is 0 Å². The number of esters is 1. The lowest BCUT2D eigenvalue weighted by molar-refractivity contribution is -0.140. The van der Waals surface area contributed by atoms with E-state index in [-0.39, 0.29) is 11.4 Å². The van der Waals surface area contributed by atoms with Gasteiger partial charge in [-0.15, -0.1) is 0 Å². The van der Waals surface area contributed by atoms with Crippen molar-refractivity contribution in [2.45, 2.75) is 4.90 Å². The van der Waals surface area contributed by atoms with E-state index < -0.39 is 16.0 Å². The van der Waals surface area contributed by atoms with Gasteiger partial charge in [0.15, 0.2) is 0 Å². The first kappa shape index (κ1) is 14.1. The van der Waals surface area contributed by atoms with E-state index in [2.05, 4.69) is 20.7 Å². The molecule has 0 radical (unpaired) electrons. The van der Waals surface area contributed by atoms with Gasteiger partial charge in [-0.05, 0) is 24.3 Å². The first-order valence-corrected chi connectivity index (χ1v) is 6.90. The molecule has 0 aliphatic carbocycles. The maximum atomic E-state index is 12.0. The summed E-state index contributed by atoms with van der Waals surface area (Å²) in [5.74, 6) is -0.604. The monoisotopic (exact) mass is 321 g/mol. The van der Waals surface area contributed by atoms with E-state index in [4.69, 9.17) is 0 Å². The van der Waals surface area contributed by atoms with Crippen LogP contribution in [0.2, 0.25) is 0 Å². The molecule has 0 N–H and O–H groups in total. The average Bonchev–Trinajstić information content (AvgIpc) is 2.29. The maximum Gasteiger partial charge on any atom is 0.321 e. The quantitative estimate of drug-likeness (QED) is 0.783. The zero-order valence-corrected chi connectivity index (χ0v) is 11.8. The highest BCUT2D eigenvalue weighted by atomic mass is 79.9. The molecule has 1 rings (SSSR count). The molecular formula is C10H12BrNO4S. The van der Waals surface area contributed by atoms with E-state index in [1.807, 2.05) is 0 Å². The van der Waals surface area contributed by atoms with Crippen LogP contribution in [0, 0.1) is 0 Å². The molecule has 0 amide bonds. The number of rotatable bonds is 4. The molecule has 0 aliphatic rings. The second kappa shape index (κ2) is 5.61. The first-order chi connectivity index (χ1) is 7.87. The number of benzene rings is 1. The third-order valence-electron chi connectivity index (χ3n) is 2.10. The highest BCUT2D eigenvalue weighted by molar-refractivity contribution is 9.10. The molecule has 1 aromatic rings. The Hall–Kier alpha value is -0.920. The van der Waals surface area contributed by atoms with Gasteiger partial charge in [-0.25, -0.2) is 8.42 Å². The summed E-state index contributed by atoms with van der Waals surface area (Å²) >= 11 is 3.22. The van der Waals surface area contributed by atoms with Crippen molar-refractivity contribution >= 4 is 31.9 Å². The van der Waals surface area contributed by atoms with Crippen molar-refractivity contribution in [3.63, 3.8) is 0 Å². The minimum atomic E-state index is -3.65. The fourth-order valence-electron chi connectivity index (χ4n) is 1.12.